The van der Waals surface area contributed by atoms with E-state index in [0.29, 0.717) is 14.6 Å². The number of nitrogens with zero attached hydrogens (tertiary/aromatic N) is 1. The van der Waals surface area contributed by atoms with Crippen molar-refractivity contribution in [3.8, 4) is 5.75 Å². The zero-order valence-corrected chi connectivity index (χ0v) is 21.3. The van der Waals surface area contributed by atoms with Gasteiger partial charge in [-0.2, -0.15) is 0 Å². The lowest BCUT2D eigenvalue weighted by Crippen LogP contribution is -2.52. The van der Waals surface area contributed by atoms with Gasteiger partial charge >= 0.3 is 11.9 Å². The zero-order chi connectivity index (χ0) is 23.2. The molecule has 1 aromatic rings. The van der Waals surface area contributed by atoms with Crippen LogP contribution in [-0.2, 0) is 19.1 Å². The number of hydrogen-bond donors (Lipinski definition) is 1. The van der Waals surface area contributed by atoms with Crippen molar-refractivity contribution in [3.63, 3.8) is 0 Å². The van der Waals surface area contributed by atoms with E-state index >= 15 is 0 Å². The maximum absolute atomic E-state index is 13.4. The van der Waals surface area contributed by atoms with Crippen molar-refractivity contribution in [1.29, 1.82) is 0 Å². The van der Waals surface area contributed by atoms with E-state index in [-0.39, 0.29) is 22.5 Å². The van der Waals surface area contributed by atoms with Crippen LogP contribution in [0.5, 0.6) is 5.75 Å². The van der Waals surface area contributed by atoms with E-state index in [1.54, 1.807) is 18.7 Å². The number of ether oxygens (including phenoxy) is 2. The molecule has 1 unspecified atom stereocenters. The molecule has 164 valence electrons. The summed E-state index contributed by atoms with van der Waals surface area (Å²) in [6, 6.07) is 1.51. The van der Waals surface area contributed by atoms with Crippen molar-refractivity contribution in [2.24, 2.45) is 0 Å². The molecule has 10 heteroatoms. The number of aromatic hydroxyl groups is 1. The number of allylic oxidation sites excluding steroid dienone is 4. The fourth-order valence-corrected chi connectivity index (χ4v) is 5.92. The summed E-state index contributed by atoms with van der Waals surface area (Å²) in [6.45, 7) is 5.37. The highest BCUT2D eigenvalue weighted by Gasteiger charge is 2.58. The molecule has 2 aliphatic heterocycles. The second-order valence-corrected chi connectivity index (χ2v) is 9.96. The maximum Gasteiger partial charge on any atom is 0.348 e. The predicted octanol–water partition coefficient (Wildman–Crippen LogP) is 4.57. The molecule has 0 saturated carbocycles. The Hall–Kier alpha value is -2.04. The lowest BCUT2D eigenvalue weighted by molar-refractivity contribution is -0.149. The topological polar surface area (TPSA) is 93.1 Å². The number of rotatable bonds is 4. The number of benzene rings is 1. The van der Waals surface area contributed by atoms with E-state index in [1.165, 1.54) is 32.6 Å². The van der Waals surface area contributed by atoms with Gasteiger partial charge in [-0.05, 0) is 54.4 Å². The van der Waals surface area contributed by atoms with E-state index in [9.17, 15) is 19.5 Å². The summed E-state index contributed by atoms with van der Waals surface area (Å²) in [5.41, 5.74) is 1.51. The molecule has 0 fully saturated rings. The van der Waals surface area contributed by atoms with E-state index in [2.05, 4.69) is 31.9 Å². The number of carbonyl (C=O) groups is 3. The fraction of sp³-hybridized carbons (Fsp3) is 0.286. The van der Waals surface area contributed by atoms with Gasteiger partial charge in [-0.15, -0.1) is 0 Å². The zero-order valence-electron chi connectivity index (χ0n) is 17.3. The van der Waals surface area contributed by atoms with Crippen LogP contribution < -0.4 is 0 Å². The molecule has 7 nitrogen and oxygen atoms in total. The molecule has 3 rings (SSSR count). The lowest BCUT2D eigenvalue weighted by atomic mass is 9.92. The van der Waals surface area contributed by atoms with Crippen molar-refractivity contribution in [1.82, 2.24) is 4.90 Å². The molecule has 0 aliphatic carbocycles. The number of halogens is 2. The van der Waals surface area contributed by atoms with Crippen LogP contribution in [0.3, 0.4) is 0 Å². The standard InChI is InChI=1S/C21H19Br2NO6S/c1-9-15(22)7-13(18(26)16(9)23)17(25)12-6-14(19(27)29-4)21(20(28)30-5)24(8-12)10(2)11(3)31-21/h6-8,26H,1-5H3. The highest BCUT2D eigenvalue weighted by Crippen LogP contribution is 2.53. The molecular formula is C21H19Br2NO6S. The van der Waals surface area contributed by atoms with Crippen LogP contribution in [0.15, 0.2) is 49.0 Å². The molecule has 1 N–H and O–H groups in total. The first kappa shape index (κ1) is 23.6. The Bertz CT molecular complexity index is 1120. The summed E-state index contributed by atoms with van der Waals surface area (Å²) in [5.74, 6) is -2.18. The Balaban J connectivity index is 2.24. The van der Waals surface area contributed by atoms with Crippen LogP contribution in [0.25, 0.3) is 0 Å². The van der Waals surface area contributed by atoms with Gasteiger partial charge in [-0.1, -0.05) is 27.7 Å². The molecular weight excluding hydrogens is 554 g/mol. The third-order valence-corrected chi connectivity index (χ3v) is 8.51. The summed E-state index contributed by atoms with van der Waals surface area (Å²) < 4.78 is 10.9. The molecule has 0 bridgehead atoms. The van der Waals surface area contributed by atoms with Gasteiger partial charge in [0.1, 0.15) is 5.75 Å². The molecule has 0 spiro atoms. The summed E-state index contributed by atoms with van der Waals surface area (Å²) >= 11 is 7.83. The molecule has 2 aliphatic rings. The summed E-state index contributed by atoms with van der Waals surface area (Å²) in [7, 11) is 2.43. The summed E-state index contributed by atoms with van der Waals surface area (Å²) in [6.07, 6.45) is 2.81. The van der Waals surface area contributed by atoms with Crippen LogP contribution in [0.2, 0.25) is 0 Å². The van der Waals surface area contributed by atoms with Crippen LogP contribution in [0.1, 0.15) is 29.8 Å². The average molecular weight is 573 g/mol. The number of hydrogen-bond acceptors (Lipinski definition) is 8. The van der Waals surface area contributed by atoms with Gasteiger partial charge in [-0.3, -0.25) is 4.79 Å². The second-order valence-electron chi connectivity index (χ2n) is 6.91. The van der Waals surface area contributed by atoms with Crippen LogP contribution in [0.4, 0.5) is 0 Å². The highest BCUT2D eigenvalue weighted by atomic mass is 79.9. The van der Waals surface area contributed by atoms with Crippen molar-refractivity contribution < 1.29 is 29.0 Å². The average Bonchev–Trinajstić information content (AvgIpc) is 3.03. The number of thioether (sulfide) groups is 1. The van der Waals surface area contributed by atoms with Gasteiger partial charge in [0, 0.05) is 26.8 Å². The first-order valence-corrected chi connectivity index (χ1v) is 11.4. The van der Waals surface area contributed by atoms with Gasteiger partial charge in [0.25, 0.3) is 0 Å². The predicted molar refractivity (Wildman–Crippen MR) is 123 cm³/mol. The largest absolute Gasteiger partial charge is 0.506 e. The van der Waals surface area contributed by atoms with E-state index in [4.69, 9.17) is 9.47 Å². The van der Waals surface area contributed by atoms with Crippen LogP contribution in [-0.4, -0.2) is 46.8 Å². The minimum atomic E-state index is -1.53. The first-order chi connectivity index (χ1) is 14.5. The summed E-state index contributed by atoms with van der Waals surface area (Å²) in [4.78, 5) is 39.8. The van der Waals surface area contributed by atoms with Crippen molar-refractivity contribution >= 4 is 61.3 Å². The quantitative estimate of drug-likeness (QED) is 0.414. The van der Waals surface area contributed by atoms with Crippen molar-refractivity contribution in [2.75, 3.05) is 14.2 Å². The highest BCUT2D eigenvalue weighted by molar-refractivity contribution is 9.11. The minimum Gasteiger partial charge on any atom is -0.506 e. The van der Waals surface area contributed by atoms with Crippen molar-refractivity contribution in [3.05, 3.63) is 60.2 Å². The summed E-state index contributed by atoms with van der Waals surface area (Å²) in [5, 5.41) is 10.6. The maximum atomic E-state index is 13.4. The number of ketones is 1. The number of esters is 2. The number of fused-ring (bicyclic) bond motifs is 1. The van der Waals surface area contributed by atoms with E-state index < -0.39 is 22.6 Å². The number of Topliss-reactive ketones (excluding diaryl/α,β-unsaturated/α-hetero) is 1. The Morgan fingerprint density at radius 2 is 1.77 bits per heavy atom. The Kier molecular flexibility index (Phi) is 6.46. The Morgan fingerprint density at radius 1 is 1.13 bits per heavy atom. The molecule has 2 heterocycles. The second kappa shape index (κ2) is 8.48. The monoisotopic (exact) mass is 571 g/mol. The van der Waals surface area contributed by atoms with Crippen LogP contribution >= 0.6 is 43.6 Å². The SMILES string of the molecule is COC(=O)C1=CC(C(=O)c2cc(Br)c(C)c(Br)c2O)=CN2C(C)=C(C)SC12C(=O)OC. The van der Waals surface area contributed by atoms with Gasteiger partial charge in [0.05, 0.1) is 29.8 Å². The molecule has 31 heavy (non-hydrogen) atoms. The number of methoxy groups -OCH3 is 2. The third-order valence-electron chi connectivity index (χ3n) is 5.24. The van der Waals surface area contributed by atoms with E-state index in [0.717, 1.165) is 22.2 Å². The van der Waals surface area contributed by atoms with Gasteiger partial charge in [0.15, 0.2) is 5.78 Å². The normalized spacial score (nSPS) is 20.2. The number of phenols is 1. The fourth-order valence-electron chi connectivity index (χ4n) is 3.40. The van der Waals surface area contributed by atoms with Crippen LogP contribution in [0, 0.1) is 6.92 Å². The molecule has 0 saturated heterocycles. The van der Waals surface area contributed by atoms with Gasteiger partial charge in [0.2, 0.25) is 4.87 Å². The third kappa shape index (κ3) is 3.54. The Morgan fingerprint density at radius 3 is 2.35 bits per heavy atom. The van der Waals surface area contributed by atoms with Gasteiger partial charge < -0.3 is 19.5 Å². The smallest absolute Gasteiger partial charge is 0.348 e. The molecule has 1 atom stereocenters. The first-order valence-electron chi connectivity index (χ1n) is 9.00. The van der Waals surface area contributed by atoms with Gasteiger partial charge in [-0.25, -0.2) is 9.59 Å². The molecule has 0 amide bonds. The Labute approximate surface area is 200 Å². The minimum absolute atomic E-state index is 0.0341. The van der Waals surface area contributed by atoms with E-state index in [1.807, 2.05) is 6.92 Å². The number of phenolic OH excluding ortho intramolecular Hbond substituents is 1. The number of carbonyl (C=O) groups excluding carboxylic acids is 3. The molecule has 1 aromatic carbocycles. The van der Waals surface area contributed by atoms with Crippen molar-refractivity contribution in [2.45, 2.75) is 25.6 Å². The molecule has 0 aromatic heterocycles. The molecule has 0 radical (unpaired) electrons. The lowest BCUT2D eigenvalue weighted by Gasteiger charge is -2.38.